The van der Waals surface area contributed by atoms with Crippen LogP contribution < -0.4 is 5.63 Å². The molecule has 0 aliphatic carbocycles. The van der Waals surface area contributed by atoms with Crippen molar-refractivity contribution in [1.29, 1.82) is 0 Å². The second kappa shape index (κ2) is 10.1. The molecule has 4 aromatic heterocycles. The first-order valence-corrected chi connectivity index (χ1v) is 9.93. The molecule has 0 amide bonds. The van der Waals surface area contributed by atoms with Crippen LogP contribution >= 0.6 is 0 Å². The number of rotatable bonds is 2. The van der Waals surface area contributed by atoms with Crippen molar-refractivity contribution in [2.24, 2.45) is 0 Å². The Balaban J connectivity index is 0.000000153. The minimum absolute atomic E-state index is 0. The zero-order chi connectivity index (χ0) is 21.8. The van der Waals surface area contributed by atoms with Crippen molar-refractivity contribution in [3.8, 4) is 17.3 Å². The van der Waals surface area contributed by atoms with E-state index in [2.05, 4.69) is 27.3 Å². The molecule has 0 spiro atoms. The van der Waals surface area contributed by atoms with Gasteiger partial charge in [0, 0.05) is 44.5 Å². The molecule has 0 bridgehead atoms. The number of pyridine rings is 2. The number of nitrogens with zero attached hydrogens (tertiary/aromatic N) is 4. The maximum atomic E-state index is 11.8. The molecule has 0 aliphatic rings. The van der Waals surface area contributed by atoms with E-state index < -0.39 is 0 Å². The molecule has 6 rings (SSSR count). The van der Waals surface area contributed by atoms with Crippen LogP contribution in [0.25, 0.3) is 39.1 Å². The largest absolute Gasteiger partial charge is 0.448 e. The number of aromatic nitrogens is 4. The van der Waals surface area contributed by atoms with Gasteiger partial charge in [-0.25, -0.2) is 0 Å². The summed E-state index contributed by atoms with van der Waals surface area (Å²) in [6.45, 7) is 0. The van der Waals surface area contributed by atoms with Crippen molar-refractivity contribution in [2.45, 2.75) is 0 Å². The fourth-order valence-electron chi connectivity index (χ4n) is 3.25. The van der Waals surface area contributed by atoms with Crippen LogP contribution in [0.15, 0.2) is 107 Å². The molecule has 0 saturated carbocycles. The van der Waals surface area contributed by atoms with E-state index in [9.17, 15) is 4.79 Å². The second-order valence-corrected chi connectivity index (χ2v) is 6.83. The number of benzene rings is 2. The fraction of sp³-hybridized carbons (Fsp3) is 0. The first-order valence-electron chi connectivity index (χ1n) is 9.93. The molecule has 6 aromatic rings. The maximum absolute atomic E-state index is 11.8. The molecule has 0 N–H and O–H groups in total. The van der Waals surface area contributed by atoms with E-state index in [1.54, 1.807) is 30.6 Å². The topological polar surface area (TPSA) is 73.8 Å². The quantitative estimate of drug-likeness (QED) is 0.262. The monoisotopic (exact) mass is 609 g/mol. The Morgan fingerprint density at radius 3 is 2.30 bits per heavy atom. The first-order chi connectivity index (χ1) is 15.8. The summed E-state index contributed by atoms with van der Waals surface area (Å²) in [4.78, 5) is 24.3. The van der Waals surface area contributed by atoms with Gasteiger partial charge in [0.05, 0.1) is 11.6 Å². The van der Waals surface area contributed by atoms with E-state index in [0.29, 0.717) is 16.8 Å². The van der Waals surface area contributed by atoms with Gasteiger partial charge in [-0.2, -0.15) is 0 Å². The van der Waals surface area contributed by atoms with Crippen molar-refractivity contribution in [3.63, 3.8) is 0 Å². The van der Waals surface area contributed by atoms with E-state index >= 15 is 0 Å². The van der Waals surface area contributed by atoms with E-state index in [1.165, 1.54) is 0 Å². The SMILES string of the molecule is O=c1oc(-c2ccccn2)[c-]c2ccccc12.[Ir].[c-]1nc2ccccc2n1-c1ccccn1. The summed E-state index contributed by atoms with van der Waals surface area (Å²) in [6.07, 6.45) is 6.35. The molecule has 1 radical (unpaired) electrons. The molecule has 0 saturated heterocycles. The molecule has 0 fully saturated rings. The van der Waals surface area contributed by atoms with Gasteiger partial charge in [0.25, 0.3) is 5.63 Å². The van der Waals surface area contributed by atoms with Crippen molar-refractivity contribution in [3.05, 3.63) is 120 Å². The van der Waals surface area contributed by atoms with Crippen molar-refractivity contribution in [1.82, 2.24) is 19.5 Å². The van der Waals surface area contributed by atoms with Gasteiger partial charge in [0.15, 0.2) is 0 Å². The van der Waals surface area contributed by atoms with E-state index in [1.807, 2.05) is 71.3 Å². The standard InChI is InChI=1S/C14H8NO2.C12H8N3.Ir/c16-14-11-6-2-1-5-10(11)9-13(17-14)12-7-3-4-8-15-12;1-2-6-11-10(5-1)14-9-15(11)12-7-3-4-8-13-12;/h1-8H;1-8H;/q2*-1;. The number of imidazole rings is 1. The Kier molecular flexibility index (Phi) is 6.83. The summed E-state index contributed by atoms with van der Waals surface area (Å²) < 4.78 is 7.06. The number of para-hydroxylation sites is 2. The predicted octanol–water partition coefficient (Wildman–Crippen LogP) is 4.87. The van der Waals surface area contributed by atoms with Crippen LogP contribution in [0.2, 0.25) is 0 Å². The second-order valence-electron chi connectivity index (χ2n) is 6.83. The molecule has 0 aliphatic heterocycles. The molecule has 7 heteroatoms. The number of fused-ring (bicyclic) bond motifs is 2. The van der Waals surface area contributed by atoms with Gasteiger partial charge in [-0.3, -0.25) is 9.78 Å². The van der Waals surface area contributed by atoms with Crippen LogP contribution in [0.1, 0.15) is 0 Å². The summed E-state index contributed by atoms with van der Waals surface area (Å²) in [5.74, 6) is 1.21. The molecule has 6 nitrogen and oxygen atoms in total. The van der Waals surface area contributed by atoms with Gasteiger partial charge in [-0.05, 0) is 23.0 Å². The van der Waals surface area contributed by atoms with E-state index in [-0.39, 0.29) is 25.7 Å². The molecular formula is C26H16IrN4O2-2. The Bertz CT molecular complexity index is 1550. The minimum atomic E-state index is -0.361. The molecule has 2 aromatic carbocycles. The van der Waals surface area contributed by atoms with Gasteiger partial charge in [-0.1, -0.05) is 72.2 Å². The fourth-order valence-corrected chi connectivity index (χ4v) is 3.25. The van der Waals surface area contributed by atoms with Crippen LogP contribution in [0.3, 0.4) is 0 Å². The van der Waals surface area contributed by atoms with E-state index in [0.717, 1.165) is 22.2 Å². The number of hydrogen-bond donors (Lipinski definition) is 0. The van der Waals surface area contributed by atoms with Crippen LogP contribution in [-0.2, 0) is 20.1 Å². The normalized spacial score (nSPS) is 10.3. The maximum Gasteiger partial charge on any atom is 0.299 e. The summed E-state index contributed by atoms with van der Waals surface area (Å²) in [5.41, 5.74) is 2.20. The molecule has 0 unspecified atom stereocenters. The van der Waals surface area contributed by atoms with Gasteiger partial charge >= 0.3 is 0 Å². The Hall–Kier alpha value is -3.93. The predicted molar refractivity (Wildman–Crippen MR) is 122 cm³/mol. The smallest absolute Gasteiger partial charge is 0.299 e. The minimum Gasteiger partial charge on any atom is -0.448 e. The average molecular weight is 609 g/mol. The summed E-state index contributed by atoms with van der Waals surface area (Å²) in [6, 6.07) is 29.4. The molecule has 33 heavy (non-hydrogen) atoms. The molecule has 4 heterocycles. The van der Waals surface area contributed by atoms with Crippen LogP contribution in [-0.4, -0.2) is 19.5 Å². The van der Waals surface area contributed by atoms with Crippen LogP contribution in [0, 0.1) is 12.4 Å². The number of hydrogen-bond acceptors (Lipinski definition) is 5. The van der Waals surface area contributed by atoms with Gasteiger partial charge < -0.3 is 19.0 Å². The summed E-state index contributed by atoms with van der Waals surface area (Å²) in [7, 11) is 0. The van der Waals surface area contributed by atoms with Crippen LogP contribution in [0.4, 0.5) is 0 Å². The average Bonchev–Trinajstić information content (AvgIpc) is 3.30. The van der Waals surface area contributed by atoms with Gasteiger partial charge in [-0.15, -0.1) is 17.5 Å². The Morgan fingerprint density at radius 2 is 1.52 bits per heavy atom. The van der Waals surface area contributed by atoms with Crippen molar-refractivity contribution in [2.75, 3.05) is 0 Å². The molecule has 0 atom stereocenters. The molecular weight excluding hydrogens is 593 g/mol. The Morgan fingerprint density at radius 1 is 0.788 bits per heavy atom. The zero-order valence-corrected chi connectivity index (χ0v) is 19.6. The van der Waals surface area contributed by atoms with Gasteiger partial charge in [0.2, 0.25) is 0 Å². The van der Waals surface area contributed by atoms with E-state index in [4.69, 9.17) is 4.42 Å². The van der Waals surface area contributed by atoms with Gasteiger partial charge in [0.1, 0.15) is 0 Å². The summed E-state index contributed by atoms with van der Waals surface area (Å²) in [5, 5.41) is 1.27. The summed E-state index contributed by atoms with van der Waals surface area (Å²) >= 11 is 0. The molecule has 163 valence electrons. The van der Waals surface area contributed by atoms with Crippen molar-refractivity contribution < 1.29 is 24.5 Å². The Labute approximate surface area is 202 Å². The first kappa shape index (κ1) is 22.3. The third kappa shape index (κ3) is 4.80. The third-order valence-corrected chi connectivity index (χ3v) is 4.76. The van der Waals surface area contributed by atoms with Crippen LogP contribution in [0.5, 0.6) is 0 Å². The zero-order valence-electron chi connectivity index (χ0n) is 17.2. The van der Waals surface area contributed by atoms with Crippen molar-refractivity contribution >= 4 is 21.8 Å². The third-order valence-electron chi connectivity index (χ3n) is 4.76.